The van der Waals surface area contributed by atoms with Crippen LogP contribution in [0.2, 0.25) is 0 Å². The lowest BCUT2D eigenvalue weighted by atomic mass is 10.4. The zero-order valence-corrected chi connectivity index (χ0v) is 7.51. The number of nitriles is 1. The molecule has 0 aromatic rings. The van der Waals surface area contributed by atoms with Gasteiger partial charge in [-0.15, -0.1) is 11.6 Å². The first-order valence-corrected chi connectivity index (χ1v) is 4.09. The summed E-state index contributed by atoms with van der Waals surface area (Å²) in [5.74, 6) is -0.000926. The number of hydrogen-bond donors (Lipinski definition) is 0. The molecule has 0 radical (unpaired) electrons. The minimum atomic E-state index is -0.112. The standard InChI is InChI=1S/C8H9ClN2O/c1-6(2-3-10)11-5-7(9)4-8(11)12/h2,7H,4-5H2,1H3. The molecule has 1 saturated heterocycles. The summed E-state index contributed by atoms with van der Waals surface area (Å²) in [7, 11) is 0. The van der Waals surface area contributed by atoms with Crippen molar-refractivity contribution in [3.8, 4) is 6.07 Å². The second kappa shape index (κ2) is 3.59. The van der Waals surface area contributed by atoms with Gasteiger partial charge in [0.15, 0.2) is 0 Å². The fraction of sp³-hybridized carbons (Fsp3) is 0.500. The zero-order chi connectivity index (χ0) is 9.14. The van der Waals surface area contributed by atoms with Crippen LogP contribution in [0.25, 0.3) is 0 Å². The van der Waals surface area contributed by atoms with Crippen LogP contribution in [0.3, 0.4) is 0 Å². The van der Waals surface area contributed by atoms with Crippen molar-refractivity contribution in [3.63, 3.8) is 0 Å². The monoisotopic (exact) mass is 184 g/mol. The van der Waals surface area contributed by atoms with Crippen molar-refractivity contribution in [1.29, 1.82) is 5.26 Å². The highest BCUT2D eigenvalue weighted by molar-refractivity contribution is 6.22. The van der Waals surface area contributed by atoms with Gasteiger partial charge in [-0.25, -0.2) is 0 Å². The number of likely N-dealkylation sites (tertiary alicyclic amines) is 1. The van der Waals surface area contributed by atoms with Gasteiger partial charge in [-0.2, -0.15) is 5.26 Å². The van der Waals surface area contributed by atoms with E-state index in [1.165, 1.54) is 6.08 Å². The third-order valence-corrected chi connectivity index (χ3v) is 2.07. The first kappa shape index (κ1) is 9.08. The van der Waals surface area contributed by atoms with E-state index in [9.17, 15) is 4.79 Å². The van der Waals surface area contributed by atoms with Gasteiger partial charge in [0.05, 0.1) is 11.4 Å². The van der Waals surface area contributed by atoms with E-state index in [1.54, 1.807) is 11.8 Å². The van der Waals surface area contributed by atoms with E-state index in [0.717, 1.165) is 0 Å². The second-order valence-electron chi connectivity index (χ2n) is 2.72. The van der Waals surface area contributed by atoms with Gasteiger partial charge in [-0.1, -0.05) is 0 Å². The molecule has 3 nitrogen and oxygen atoms in total. The van der Waals surface area contributed by atoms with E-state index in [2.05, 4.69) is 0 Å². The second-order valence-corrected chi connectivity index (χ2v) is 3.34. The largest absolute Gasteiger partial charge is 0.314 e. The predicted octanol–water partition coefficient (Wildman–Crippen LogP) is 1.25. The molecule has 1 atom stereocenters. The SMILES string of the molecule is CC(=CC#N)N1CC(Cl)CC1=O. The third kappa shape index (κ3) is 1.77. The maximum absolute atomic E-state index is 11.2. The summed E-state index contributed by atoms with van der Waals surface area (Å²) >= 11 is 5.77. The van der Waals surface area contributed by atoms with Crippen LogP contribution < -0.4 is 0 Å². The van der Waals surface area contributed by atoms with Crippen molar-refractivity contribution in [2.45, 2.75) is 18.7 Å². The van der Waals surface area contributed by atoms with Gasteiger partial charge < -0.3 is 4.90 Å². The Morgan fingerprint density at radius 3 is 3.00 bits per heavy atom. The average molecular weight is 185 g/mol. The molecule has 64 valence electrons. The normalized spacial score (nSPS) is 24.4. The molecular weight excluding hydrogens is 176 g/mol. The molecular formula is C8H9ClN2O. The van der Waals surface area contributed by atoms with Crippen LogP contribution in [0.15, 0.2) is 11.8 Å². The Balaban J connectivity index is 2.72. The van der Waals surface area contributed by atoms with Crippen LogP contribution >= 0.6 is 11.6 Å². The summed E-state index contributed by atoms with van der Waals surface area (Å²) in [6.45, 7) is 2.25. The molecule has 0 saturated carbocycles. The molecule has 0 aromatic carbocycles. The number of amides is 1. The van der Waals surface area contributed by atoms with Gasteiger partial charge in [0.25, 0.3) is 0 Å². The van der Waals surface area contributed by atoms with Crippen molar-refractivity contribution < 1.29 is 4.79 Å². The van der Waals surface area contributed by atoms with Crippen LogP contribution in [-0.4, -0.2) is 22.7 Å². The lowest BCUT2D eigenvalue weighted by Gasteiger charge is -2.14. The molecule has 0 aliphatic carbocycles. The number of carbonyl (C=O) groups is 1. The Morgan fingerprint density at radius 1 is 1.92 bits per heavy atom. The van der Waals surface area contributed by atoms with Crippen LogP contribution in [0.4, 0.5) is 0 Å². The van der Waals surface area contributed by atoms with E-state index < -0.39 is 0 Å². The number of allylic oxidation sites excluding steroid dienone is 2. The molecule has 1 heterocycles. The molecule has 0 spiro atoms. The maximum Gasteiger partial charge on any atom is 0.228 e. The van der Waals surface area contributed by atoms with E-state index in [4.69, 9.17) is 16.9 Å². The Kier molecular flexibility index (Phi) is 2.72. The smallest absolute Gasteiger partial charge is 0.228 e. The summed E-state index contributed by atoms with van der Waals surface area (Å²) in [5.41, 5.74) is 0.672. The molecule has 1 unspecified atom stereocenters. The fourth-order valence-electron chi connectivity index (χ4n) is 1.18. The van der Waals surface area contributed by atoms with Crippen LogP contribution in [0.1, 0.15) is 13.3 Å². The van der Waals surface area contributed by atoms with Crippen molar-refractivity contribution in [1.82, 2.24) is 4.90 Å². The summed E-state index contributed by atoms with van der Waals surface area (Å²) in [5, 5.41) is 8.24. The molecule has 0 bridgehead atoms. The highest BCUT2D eigenvalue weighted by atomic mass is 35.5. The molecule has 12 heavy (non-hydrogen) atoms. The van der Waals surface area contributed by atoms with Crippen molar-refractivity contribution >= 4 is 17.5 Å². The maximum atomic E-state index is 11.2. The Morgan fingerprint density at radius 2 is 2.58 bits per heavy atom. The Hall–Kier alpha value is -1.01. The average Bonchev–Trinajstić information content (AvgIpc) is 2.30. The first-order valence-electron chi connectivity index (χ1n) is 3.66. The molecule has 1 rings (SSSR count). The van der Waals surface area contributed by atoms with E-state index in [-0.39, 0.29) is 11.3 Å². The van der Waals surface area contributed by atoms with Gasteiger partial charge in [0.1, 0.15) is 0 Å². The number of hydrogen-bond acceptors (Lipinski definition) is 2. The molecule has 1 fully saturated rings. The molecule has 1 aliphatic heterocycles. The lowest BCUT2D eigenvalue weighted by molar-refractivity contribution is -0.126. The number of rotatable bonds is 1. The molecule has 0 N–H and O–H groups in total. The highest BCUT2D eigenvalue weighted by Gasteiger charge is 2.28. The Labute approximate surface area is 76.2 Å². The van der Waals surface area contributed by atoms with Crippen molar-refractivity contribution in [3.05, 3.63) is 11.8 Å². The quantitative estimate of drug-likeness (QED) is 0.455. The minimum Gasteiger partial charge on any atom is -0.314 e. The predicted molar refractivity (Wildman–Crippen MR) is 45.3 cm³/mol. The fourth-order valence-corrected chi connectivity index (χ4v) is 1.45. The zero-order valence-electron chi connectivity index (χ0n) is 6.75. The first-order chi connectivity index (χ1) is 5.65. The summed E-state index contributed by atoms with van der Waals surface area (Å²) in [6.07, 6.45) is 1.73. The molecule has 4 heteroatoms. The summed E-state index contributed by atoms with van der Waals surface area (Å²) < 4.78 is 0. The van der Waals surface area contributed by atoms with Crippen LogP contribution in [0, 0.1) is 11.3 Å². The number of alkyl halides is 1. The van der Waals surface area contributed by atoms with Gasteiger partial charge in [0.2, 0.25) is 5.91 Å². The molecule has 1 amide bonds. The van der Waals surface area contributed by atoms with Crippen LogP contribution in [-0.2, 0) is 4.79 Å². The number of halogens is 1. The third-order valence-electron chi connectivity index (χ3n) is 1.78. The topological polar surface area (TPSA) is 44.1 Å². The van der Waals surface area contributed by atoms with Crippen molar-refractivity contribution in [2.24, 2.45) is 0 Å². The summed E-state index contributed by atoms with van der Waals surface area (Å²) in [4.78, 5) is 12.7. The minimum absolute atomic E-state index is 0.000926. The van der Waals surface area contributed by atoms with Gasteiger partial charge >= 0.3 is 0 Å². The van der Waals surface area contributed by atoms with Gasteiger partial charge in [0, 0.05) is 24.7 Å². The molecule has 0 aromatic heterocycles. The molecule has 1 aliphatic rings. The van der Waals surface area contributed by atoms with E-state index in [1.807, 2.05) is 6.07 Å². The number of carbonyl (C=O) groups excluding carboxylic acids is 1. The van der Waals surface area contributed by atoms with E-state index >= 15 is 0 Å². The lowest BCUT2D eigenvalue weighted by Crippen LogP contribution is -2.22. The highest BCUT2D eigenvalue weighted by Crippen LogP contribution is 2.20. The summed E-state index contributed by atoms with van der Waals surface area (Å²) in [6, 6.07) is 1.88. The van der Waals surface area contributed by atoms with Crippen molar-refractivity contribution in [2.75, 3.05) is 6.54 Å². The van der Waals surface area contributed by atoms with E-state index in [0.29, 0.717) is 18.7 Å². The number of nitrogens with zero attached hydrogens (tertiary/aromatic N) is 2. The Bertz CT molecular complexity index is 267. The van der Waals surface area contributed by atoms with Crippen LogP contribution in [0.5, 0.6) is 0 Å². The van der Waals surface area contributed by atoms with Gasteiger partial charge in [-0.3, -0.25) is 4.79 Å². The van der Waals surface area contributed by atoms with Gasteiger partial charge in [-0.05, 0) is 6.92 Å².